The summed E-state index contributed by atoms with van der Waals surface area (Å²) in [5.41, 5.74) is 0.526. The maximum atomic E-state index is 14.0. The van der Waals surface area contributed by atoms with E-state index in [-0.39, 0.29) is 28.9 Å². The first-order valence-electron chi connectivity index (χ1n) is 9.85. The molecule has 4 aromatic rings. The molecule has 186 valence electrons. The Morgan fingerprint density at radius 2 is 1.86 bits per heavy atom. The summed E-state index contributed by atoms with van der Waals surface area (Å²) in [5, 5.41) is 16.9. The molecular formula is C20H16BrFN8O5S. The molecule has 0 amide bonds. The summed E-state index contributed by atoms with van der Waals surface area (Å²) < 4.78 is 46.0. The van der Waals surface area contributed by atoms with Crippen molar-refractivity contribution in [2.45, 2.75) is 0 Å². The number of hydrogen-bond acceptors (Lipinski definition) is 11. The molecule has 2 aromatic carbocycles. The minimum Gasteiger partial charge on any atom is -0.494 e. The Hall–Kier alpha value is -4.18. The lowest BCUT2D eigenvalue weighted by Gasteiger charge is -2.16. The van der Waals surface area contributed by atoms with Crippen LogP contribution in [0.3, 0.4) is 0 Å². The number of ether oxygens (including phenoxy) is 1. The van der Waals surface area contributed by atoms with E-state index in [1.54, 1.807) is 12.1 Å². The summed E-state index contributed by atoms with van der Waals surface area (Å²) in [7, 11) is -2.40. The Morgan fingerprint density at radius 1 is 1.11 bits per heavy atom. The third kappa shape index (κ3) is 5.38. The molecule has 16 heteroatoms. The first-order valence-corrected chi connectivity index (χ1v) is 12.5. The van der Waals surface area contributed by atoms with Crippen LogP contribution in [-0.4, -0.2) is 46.6 Å². The number of fused-ring (bicyclic) bond motifs is 1. The standard InChI is InChI=1S/C20H16BrFN8O5S/c1-35-16-7-11(22)15(30(31)32)8-14(16)27-20-25-9-10(21)19(28-20)26-13-4-3-12-17(24-6-5-23-12)18(13)29-36(2,33)34/h3-9,29H,1-2H3,(H2,25,26,27,28). The number of nitro benzene ring substituents is 1. The van der Waals surface area contributed by atoms with Crippen molar-refractivity contribution >= 4 is 71.5 Å². The Labute approximate surface area is 211 Å². The van der Waals surface area contributed by atoms with Gasteiger partial charge < -0.3 is 15.4 Å². The number of sulfonamides is 1. The van der Waals surface area contributed by atoms with Crippen molar-refractivity contribution in [2.24, 2.45) is 0 Å². The third-order valence-electron chi connectivity index (χ3n) is 4.64. The van der Waals surface area contributed by atoms with Gasteiger partial charge in [0, 0.05) is 30.7 Å². The van der Waals surface area contributed by atoms with Gasteiger partial charge in [0.1, 0.15) is 17.1 Å². The molecule has 0 fully saturated rings. The molecule has 2 heterocycles. The van der Waals surface area contributed by atoms with Crippen molar-refractivity contribution in [1.29, 1.82) is 0 Å². The fourth-order valence-electron chi connectivity index (χ4n) is 3.14. The number of benzene rings is 2. The molecule has 13 nitrogen and oxygen atoms in total. The Morgan fingerprint density at radius 3 is 2.56 bits per heavy atom. The largest absolute Gasteiger partial charge is 0.494 e. The lowest BCUT2D eigenvalue weighted by molar-refractivity contribution is -0.387. The van der Waals surface area contributed by atoms with Crippen LogP contribution in [0.4, 0.5) is 38.9 Å². The van der Waals surface area contributed by atoms with Gasteiger partial charge >= 0.3 is 5.69 Å². The van der Waals surface area contributed by atoms with Crippen LogP contribution in [0.5, 0.6) is 5.75 Å². The predicted molar refractivity (Wildman–Crippen MR) is 134 cm³/mol. The number of methoxy groups -OCH3 is 1. The van der Waals surface area contributed by atoms with Crippen molar-refractivity contribution in [3.05, 3.63) is 63.3 Å². The van der Waals surface area contributed by atoms with Crippen LogP contribution in [0.15, 0.2) is 47.3 Å². The average Bonchev–Trinajstić information content (AvgIpc) is 2.82. The molecule has 4 rings (SSSR count). The number of halogens is 2. The molecule has 0 saturated heterocycles. The number of anilines is 5. The van der Waals surface area contributed by atoms with Crippen LogP contribution in [-0.2, 0) is 10.0 Å². The van der Waals surface area contributed by atoms with E-state index in [9.17, 15) is 22.9 Å². The molecule has 0 spiro atoms. The van der Waals surface area contributed by atoms with Gasteiger partial charge in [-0.15, -0.1) is 0 Å². The maximum Gasteiger partial charge on any atom is 0.307 e. The lowest BCUT2D eigenvalue weighted by Crippen LogP contribution is -2.12. The fourth-order valence-corrected chi connectivity index (χ4v) is 4.01. The van der Waals surface area contributed by atoms with Gasteiger partial charge in [0.25, 0.3) is 0 Å². The van der Waals surface area contributed by atoms with Gasteiger partial charge in [-0.05, 0) is 28.1 Å². The Kier molecular flexibility index (Phi) is 6.80. The van der Waals surface area contributed by atoms with E-state index in [0.29, 0.717) is 21.2 Å². The quantitative estimate of drug-likeness (QED) is 0.203. The van der Waals surface area contributed by atoms with Gasteiger partial charge in [-0.25, -0.2) is 13.4 Å². The smallest absolute Gasteiger partial charge is 0.307 e. The monoisotopic (exact) mass is 578 g/mol. The summed E-state index contributed by atoms with van der Waals surface area (Å²) in [5.74, 6) is -0.875. The maximum absolute atomic E-state index is 14.0. The second kappa shape index (κ2) is 9.82. The van der Waals surface area contributed by atoms with Crippen molar-refractivity contribution < 1.29 is 22.5 Å². The van der Waals surface area contributed by atoms with Gasteiger partial charge in [0.15, 0.2) is 0 Å². The van der Waals surface area contributed by atoms with Gasteiger partial charge in [0.2, 0.25) is 21.8 Å². The van der Waals surface area contributed by atoms with Crippen LogP contribution in [0.1, 0.15) is 0 Å². The highest BCUT2D eigenvalue weighted by molar-refractivity contribution is 9.10. The molecule has 0 aliphatic heterocycles. The van der Waals surface area contributed by atoms with E-state index in [2.05, 4.69) is 51.2 Å². The zero-order valence-electron chi connectivity index (χ0n) is 18.5. The molecule has 0 aliphatic rings. The highest BCUT2D eigenvalue weighted by Crippen LogP contribution is 2.36. The molecule has 2 aromatic heterocycles. The molecule has 36 heavy (non-hydrogen) atoms. The van der Waals surface area contributed by atoms with Gasteiger partial charge in [-0.1, -0.05) is 0 Å². The van der Waals surface area contributed by atoms with Crippen molar-refractivity contribution in [1.82, 2.24) is 19.9 Å². The van der Waals surface area contributed by atoms with E-state index in [1.165, 1.54) is 25.7 Å². The van der Waals surface area contributed by atoms with E-state index in [4.69, 9.17) is 4.74 Å². The Balaban J connectivity index is 1.74. The predicted octanol–water partition coefficient (Wildman–Crippen LogP) is 4.10. The first-order chi connectivity index (χ1) is 17.1. The van der Waals surface area contributed by atoms with Gasteiger partial charge in [-0.2, -0.15) is 9.37 Å². The molecule has 0 radical (unpaired) electrons. The minimum atomic E-state index is -3.68. The summed E-state index contributed by atoms with van der Waals surface area (Å²) in [4.78, 5) is 27.1. The van der Waals surface area contributed by atoms with Crippen LogP contribution in [0.25, 0.3) is 11.0 Å². The van der Waals surface area contributed by atoms with E-state index in [0.717, 1.165) is 18.4 Å². The zero-order valence-corrected chi connectivity index (χ0v) is 20.9. The Bertz CT molecular complexity index is 1610. The highest BCUT2D eigenvalue weighted by atomic mass is 79.9. The van der Waals surface area contributed by atoms with E-state index >= 15 is 0 Å². The highest BCUT2D eigenvalue weighted by Gasteiger charge is 2.20. The molecular weight excluding hydrogens is 563 g/mol. The van der Waals surface area contributed by atoms with Gasteiger partial charge in [0.05, 0.1) is 45.3 Å². The number of aromatic nitrogens is 4. The topological polar surface area (TPSA) is 174 Å². The molecule has 0 bridgehead atoms. The number of nitrogens with one attached hydrogen (secondary N) is 3. The molecule has 0 saturated carbocycles. The van der Waals surface area contributed by atoms with Crippen LogP contribution in [0.2, 0.25) is 0 Å². The summed E-state index contributed by atoms with van der Waals surface area (Å²) in [6.45, 7) is 0. The van der Waals surface area contributed by atoms with Crippen molar-refractivity contribution in [3.63, 3.8) is 0 Å². The molecule has 0 atom stereocenters. The van der Waals surface area contributed by atoms with E-state index in [1.807, 2.05) is 0 Å². The summed E-state index contributed by atoms with van der Waals surface area (Å²) >= 11 is 3.33. The third-order valence-corrected chi connectivity index (χ3v) is 5.79. The van der Waals surface area contributed by atoms with Crippen LogP contribution >= 0.6 is 15.9 Å². The summed E-state index contributed by atoms with van der Waals surface area (Å²) in [6, 6.07) is 5.08. The minimum absolute atomic E-state index is 0.00753. The number of nitrogens with zero attached hydrogens (tertiary/aromatic N) is 5. The SMILES string of the molecule is COc1cc(F)c([N+](=O)[O-])cc1Nc1ncc(Br)c(Nc2ccc3nccnc3c2NS(C)(=O)=O)n1. The van der Waals surface area contributed by atoms with E-state index < -0.39 is 26.5 Å². The molecule has 3 N–H and O–H groups in total. The van der Waals surface area contributed by atoms with Crippen molar-refractivity contribution in [3.8, 4) is 5.75 Å². The van der Waals surface area contributed by atoms with Crippen molar-refractivity contribution in [2.75, 3.05) is 28.7 Å². The van der Waals surface area contributed by atoms with Gasteiger partial charge in [-0.3, -0.25) is 24.8 Å². The number of hydrogen-bond donors (Lipinski definition) is 3. The summed E-state index contributed by atoms with van der Waals surface area (Å²) in [6.07, 6.45) is 5.31. The van der Waals surface area contributed by atoms with Crippen LogP contribution < -0.4 is 20.1 Å². The van der Waals surface area contributed by atoms with Crippen LogP contribution in [0, 0.1) is 15.9 Å². The fraction of sp³-hybridized carbons (Fsp3) is 0.100. The second-order valence-electron chi connectivity index (χ2n) is 7.19. The number of nitro groups is 1. The zero-order chi connectivity index (χ0) is 26.0. The average molecular weight is 579 g/mol. The molecule has 0 unspecified atom stereocenters. The second-order valence-corrected chi connectivity index (χ2v) is 9.79. The lowest BCUT2D eigenvalue weighted by atomic mass is 10.2. The first kappa shape index (κ1) is 24.9. The molecule has 0 aliphatic carbocycles. The normalized spacial score (nSPS) is 11.2. The number of rotatable bonds is 8.